The number of rotatable bonds is 2. The summed E-state index contributed by atoms with van der Waals surface area (Å²) in [5.41, 5.74) is -0.431. The molecule has 0 amide bonds. The Kier molecular flexibility index (Phi) is 3.12. The van der Waals surface area contributed by atoms with Gasteiger partial charge in [0.15, 0.2) is 16.5 Å². The summed E-state index contributed by atoms with van der Waals surface area (Å²) in [4.78, 5) is 26.5. The fourth-order valence-electron chi connectivity index (χ4n) is 1.60. The van der Waals surface area contributed by atoms with E-state index in [0.717, 1.165) is 0 Å². The number of nitrogens with zero attached hydrogens (tertiary/aromatic N) is 2. The van der Waals surface area contributed by atoms with Crippen LogP contribution in [0.1, 0.15) is 6.92 Å². The van der Waals surface area contributed by atoms with E-state index in [9.17, 15) is 14.7 Å². The van der Waals surface area contributed by atoms with E-state index >= 15 is 0 Å². The van der Waals surface area contributed by atoms with Crippen molar-refractivity contribution in [3.8, 4) is 0 Å². The Morgan fingerprint density at radius 3 is 3.00 bits per heavy atom. The van der Waals surface area contributed by atoms with Gasteiger partial charge in [-0.1, -0.05) is 6.07 Å². The highest BCUT2D eigenvalue weighted by Gasteiger charge is 2.07. The van der Waals surface area contributed by atoms with Crippen LogP contribution in [-0.4, -0.2) is 27.0 Å². The lowest BCUT2D eigenvalue weighted by atomic mass is 10.4. The van der Waals surface area contributed by atoms with Crippen LogP contribution in [0.2, 0.25) is 0 Å². The Morgan fingerprint density at radius 2 is 2.33 bits per heavy atom. The van der Waals surface area contributed by atoms with E-state index in [1.54, 1.807) is 37.3 Å². The van der Waals surface area contributed by atoms with Gasteiger partial charge < -0.3 is 9.84 Å². The number of fused-ring (bicyclic) bond motifs is 1. The minimum absolute atomic E-state index is 0.114. The summed E-state index contributed by atoms with van der Waals surface area (Å²) in [6, 6.07) is 4.92. The van der Waals surface area contributed by atoms with Crippen LogP contribution in [0, 0.1) is 0 Å². The Morgan fingerprint density at radius 1 is 1.56 bits per heavy atom. The minimum Gasteiger partial charge on any atom is -0.480 e. The van der Waals surface area contributed by atoms with Crippen LogP contribution in [0.15, 0.2) is 29.2 Å². The lowest BCUT2D eigenvalue weighted by Crippen LogP contribution is -2.47. The molecule has 0 saturated heterocycles. The molecule has 0 fully saturated rings. The largest absolute Gasteiger partial charge is 0.480 e. The van der Waals surface area contributed by atoms with E-state index in [1.807, 2.05) is 0 Å². The number of pyridine rings is 1. The number of ether oxygens (including phenoxy) is 1. The SMILES string of the molecule is CCOC(O)=c1c(=O)nc2ccccn2c1=C=O. The van der Waals surface area contributed by atoms with Crippen LogP contribution >= 0.6 is 0 Å². The zero-order chi connectivity index (χ0) is 13.1. The Bertz CT molecular complexity index is 788. The van der Waals surface area contributed by atoms with Crippen molar-refractivity contribution in [1.29, 1.82) is 0 Å². The first-order chi connectivity index (χ1) is 8.69. The molecule has 1 N–H and O–H groups in total. The molecule has 0 aliphatic heterocycles. The average Bonchev–Trinajstić information content (AvgIpc) is 2.37. The molecule has 0 unspecified atom stereocenters. The van der Waals surface area contributed by atoms with Gasteiger partial charge in [-0.15, -0.1) is 0 Å². The molecule has 18 heavy (non-hydrogen) atoms. The van der Waals surface area contributed by atoms with E-state index in [0.29, 0.717) is 5.65 Å². The van der Waals surface area contributed by atoms with Gasteiger partial charge in [0.1, 0.15) is 5.65 Å². The first kappa shape index (κ1) is 11.9. The maximum atomic E-state index is 11.8. The van der Waals surface area contributed by atoms with E-state index in [2.05, 4.69) is 4.98 Å². The molecule has 0 bridgehead atoms. The molecule has 6 nitrogen and oxygen atoms in total. The Hall–Kier alpha value is -2.59. The fraction of sp³-hybridized carbons (Fsp3) is 0.167. The zero-order valence-electron chi connectivity index (χ0n) is 9.58. The highest BCUT2D eigenvalue weighted by Crippen LogP contribution is 1.91. The van der Waals surface area contributed by atoms with Crippen LogP contribution in [0.25, 0.3) is 11.6 Å². The number of aliphatic hydroxyl groups excluding tert-OH is 1. The van der Waals surface area contributed by atoms with E-state index < -0.39 is 11.5 Å². The van der Waals surface area contributed by atoms with Crippen molar-refractivity contribution in [2.45, 2.75) is 6.92 Å². The van der Waals surface area contributed by atoms with E-state index in [1.165, 1.54) is 4.40 Å². The van der Waals surface area contributed by atoms with Crippen LogP contribution in [0.5, 0.6) is 0 Å². The van der Waals surface area contributed by atoms with Crippen LogP contribution in [-0.2, 0) is 9.53 Å². The van der Waals surface area contributed by atoms with Crippen molar-refractivity contribution >= 4 is 17.5 Å². The van der Waals surface area contributed by atoms with Crippen LogP contribution < -0.4 is 16.1 Å². The molecule has 92 valence electrons. The van der Waals surface area contributed by atoms with Crippen molar-refractivity contribution < 1.29 is 14.6 Å². The molecule has 0 aromatic carbocycles. The summed E-state index contributed by atoms with van der Waals surface area (Å²) in [5, 5.41) is 9.24. The predicted molar refractivity (Wildman–Crippen MR) is 63.2 cm³/mol. The normalized spacial score (nSPS) is 12.1. The van der Waals surface area contributed by atoms with Gasteiger partial charge in [0, 0.05) is 6.20 Å². The molecule has 6 heteroatoms. The third-order valence-corrected chi connectivity index (χ3v) is 2.34. The van der Waals surface area contributed by atoms with Gasteiger partial charge in [0.2, 0.25) is 0 Å². The van der Waals surface area contributed by atoms with Gasteiger partial charge >= 0.3 is 0 Å². The second-order valence-electron chi connectivity index (χ2n) is 3.41. The van der Waals surface area contributed by atoms with Crippen molar-refractivity contribution in [3.05, 3.63) is 45.3 Å². The maximum absolute atomic E-state index is 11.8. The van der Waals surface area contributed by atoms with Gasteiger partial charge in [-0.05, 0) is 19.1 Å². The number of aromatic nitrogens is 2. The van der Waals surface area contributed by atoms with Crippen LogP contribution in [0.4, 0.5) is 0 Å². The molecular formula is C12H10N2O4. The molecule has 0 aliphatic rings. The second-order valence-corrected chi connectivity index (χ2v) is 3.41. The van der Waals surface area contributed by atoms with Crippen molar-refractivity contribution in [3.63, 3.8) is 0 Å². The number of carbonyl (C=O) groups excluding carboxylic acids is 1. The van der Waals surface area contributed by atoms with Crippen molar-refractivity contribution in [2.24, 2.45) is 0 Å². The molecule has 2 aromatic rings. The monoisotopic (exact) mass is 246 g/mol. The van der Waals surface area contributed by atoms with E-state index in [-0.39, 0.29) is 17.2 Å². The highest BCUT2D eigenvalue weighted by atomic mass is 16.6. The fourth-order valence-corrected chi connectivity index (χ4v) is 1.60. The lowest BCUT2D eigenvalue weighted by molar-refractivity contribution is 0.189. The molecule has 0 atom stereocenters. The van der Waals surface area contributed by atoms with Gasteiger partial charge in [-0.2, -0.15) is 4.98 Å². The molecule has 0 saturated carbocycles. The minimum atomic E-state index is -0.731. The predicted octanol–water partition coefficient (Wildman–Crippen LogP) is -1.14. The third kappa shape index (κ3) is 1.85. The van der Waals surface area contributed by atoms with Gasteiger partial charge in [-0.3, -0.25) is 9.20 Å². The number of hydrogen-bond acceptors (Lipinski definition) is 5. The molecular weight excluding hydrogens is 236 g/mol. The quantitative estimate of drug-likeness (QED) is 0.724. The molecule has 2 heterocycles. The van der Waals surface area contributed by atoms with Gasteiger partial charge in [0.05, 0.1) is 6.61 Å². The first-order valence-corrected chi connectivity index (χ1v) is 5.27. The van der Waals surface area contributed by atoms with Crippen molar-refractivity contribution in [1.82, 2.24) is 9.38 Å². The van der Waals surface area contributed by atoms with Gasteiger partial charge in [-0.25, -0.2) is 4.79 Å². The molecule has 0 radical (unpaired) electrons. The van der Waals surface area contributed by atoms with Gasteiger partial charge in [0.25, 0.3) is 11.5 Å². The summed E-state index contributed by atoms with van der Waals surface area (Å²) < 4.78 is 6.20. The third-order valence-electron chi connectivity index (χ3n) is 2.34. The lowest BCUT2D eigenvalue weighted by Gasteiger charge is -2.02. The van der Waals surface area contributed by atoms with E-state index in [4.69, 9.17) is 4.74 Å². The molecule has 2 aromatic heterocycles. The summed E-state index contributed by atoms with van der Waals surface area (Å²) in [5.74, 6) is 1.01. The average molecular weight is 246 g/mol. The standard InChI is InChI=1S/C12H10N2O4/c1-2-18-12(17)10-8(7-15)14-6-4-3-5-9(14)13-11(10)16/h3-6,17H,2H2,1H3. The van der Waals surface area contributed by atoms with Crippen LogP contribution in [0.3, 0.4) is 0 Å². The number of hydrogen-bond donors (Lipinski definition) is 1. The summed E-state index contributed by atoms with van der Waals surface area (Å²) in [6.45, 7) is 1.81. The summed E-state index contributed by atoms with van der Waals surface area (Å²) in [7, 11) is 0. The zero-order valence-corrected chi connectivity index (χ0v) is 9.58. The smallest absolute Gasteiger partial charge is 0.293 e. The molecule has 0 spiro atoms. The maximum Gasteiger partial charge on any atom is 0.293 e. The summed E-state index contributed by atoms with van der Waals surface area (Å²) in [6.07, 6.45) is 1.55. The topological polar surface area (TPSA) is 80.9 Å². The Labute approximate surface area is 101 Å². The first-order valence-electron chi connectivity index (χ1n) is 5.27. The highest BCUT2D eigenvalue weighted by molar-refractivity contribution is 5.50. The Balaban J connectivity index is 3.10. The molecule has 2 rings (SSSR count). The molecule has 0 aliphatic carbocycles. The van der Waals surface area contributed by atoms with Crippen molar-refractivity contribution in [2.75, 3.05) is 6.61 Å². The summed E-state index contributed by atoms with van der Waals surface area (Å²) >= 11 is 0. The number of aliphatic hydroxyl groups is 1. The second kappa shape index (κ2) is 4.73.